The van der Waals surface area contributed by atoms with Gasteiger partial charge in [-0.1, -0.05) is 23.7 Å². The van der Waals surface area contributed by atoms with Crippen LogP contribution in [0.4, 0.5) is 5.69 Å². The van der Waals surface area contributed by atoms with Gasteiger partial charge in [-0.05, 0) is 60.5 Å². The largest absolute Gasteiger partial charge is 0.507 e. The van der Waals surface area contributed by atoms with Gasteiger partial charge in [0.1, 0.15) is 17.6 Å². The summed E-state index contributed by atoms with van der Waals surface area (Å²) in [5.74, 6) is -0.995. The van der Waals surface area contributed by atoms with Gasteiger partial charge in [0.25, 0.3) is 11.7 Å². The molecule has 1 amide bonds. The zero-order valence-electron chi connectivity index (χ0n) is 17.2. The van der Waals surface area contributed by atoms with E-state index in [9.17, 15) is 14.7 Å². The van der Waals surface area contributed by atoms with E-state index >= 15 is 0 Å². The molecule has 0 bridgehead atoms. The van der Waals surface area contributed by atoms with Crippen LogP contribution in [0.2, 0.25) is 5.02 Å². The van der Waals surface area contributed by atoms with Crippen LogP contribution in [-0.2, 0) is 16.0 Å². The number of aromatic nitrogens is 1. The van der Waals surface area contributed by atoms with E-state index in [4.69, 9.17) is 16.3 Å². The minimum Gasteiger partial charge on any atom is -0.507 e. The fraction of sp³-hybridized carbons (Fsp3) is 0.160. The van der Waals surface area contributed by atoms with E-state index in [1.54, 1.807) is 60.8 Å². The molecule has 2 aromatic carbocycles. The Balaban J connectivity index is 1.70. The highest BCUT2D eigenvalue weighted by Gasteiger charge is 2.47. The monoisotopic (exact) mass is 446 g/mol. The van der Waals surface area contributed by atoms with Crippen molar-refractivity contribution in [1.82, 2.24) is 4.98 Å². The van der Waals surface area contributed by atoms with Crippen LogP contribution in [0.5, 0.6) is 5.75 Å². The van der Waals surface area contributed by atoms with Gasteiger partial charge >= 0.3 is 0 Å². The number of benzene rings is 2. The average molecular weight is 447 g/mol. The molecule has 0 aliphatic carbocycles. The number of aliphatic hydroxyl groups is 1. The van der Waals surface area contributed by atoms with Gasteiger partial charge in [-0.3, -0.25) is 19.5 Å². The molecule has 3 heterocycles. The van der Waals surface area contributed by atoms with Gasteiger partial charge in [0, 0.05) is 28.9 Å². The number of amides is 1. The lowest BCUT2D eigenvalue weighted by Crippen LogP contribution is -2.29. The SMILES string of the molecule is Cc1ccc(N2C(=O)C(=O)/C(=C(\O)c3ccc4c(c3)CCO4)C2c2ccccn2)cc1Cl. The number of aliphatic hydroxyl groups excluding tert-OH is 1. The summed E-state index contributed by atoms with van der Waals surface area (Å²) in [4.78, 5) is 32.1. The molecular formula is C25H19ClN2O4. The van der Waals surface area contributed by atoms with Crippen LogP contribution < -0.4 is 9.64 Å². The Morgan fingerprint density at radius 2 is 2.00 bits per heavy atom. The van der Waals surface area contributed by atoms with E-state index in [-0.39, 0.29) is 11.3 Å². The summed E-state index contributed by atoms with van der Waals surface area (Å²) in [6.07, 6.45) is 2.31. The van der Waals surface area contributed by atoms with Crippen LogP contribution in [-0.4, -0.2) is 28.4 Å². The predicted octanol–water partition coefficient (Wildman–Crippen LogP) is 4.60. The summed E-state index contributed by atoms with van der Waals surface area (Å²) in [6.45, 7) is 2.43. The van der Waals surface area contributed by atoms with Crippen molar-refractivity contribution in [2.45, 2.75) is 19.4 Å². The average Bonchev–Trinajstić information content (AvgIpc) is 3.38. The standard InChI is InChI=1S/C25H19ClN2O4/c1-14-5-7-17(13-18(14)26)28-22(19-4-2-3-10-27-19)21(24(30)25(28)31)23(29)16-6-8-20-15(12-16)9-11-32-20/h2-8,10,12-13,22,29H,9,11H2,1H3/b23-21-. The first kappa shape index (κ1) is 20.3. The molecule has 0 radical (unpaired) electrons. The van der Waals surface area contributed by atoms with Crippen molar-refractivity contribution in [2.75, 3.05) is 11.5 Å². The molecule has 6 nitrogen and oxygen atoms in total. The molecule has 2 aliphatic rings. The number of hydrogen-bond donors (Lipinski definition) is 1. The number of nitrogens with zero attached hydrogens (tertiary/aromatic N) is 2. The number of rotatable bonds is 3. The van der Waals surface area contributed by atoms with Crippen LogP contribution >= 0.6 is 11.6 Å². The van der Waals surface area contributed by atoms with Crippen LogP contribution in [0.25, 0.3) is 5.76 Å². The summed E-state index contributed by atoms with van der Waals surface area (Å²) in [5.41, 5.74) is 3.17. The van der Waals surface area contributed by atoms with Crippen LogP contribution in [0.15, 0.2) is 66.4 Å². The minimum absolute atomic E-state index is 0.00994. The molecule has 160 valence electrons. The molecule has 1 fully saturated rings. The smallest absolute Gasteiger partial charge is 0.300 e. The van der Waals surface area contributed by atoms with Crippen molar-refractivity contribution >= 4 is 34.7 Å². The number of fused-ring (bicyclic) bond motifs is 1. The molecule has 32 heavy (non-hydrogen) atoms. The minimum atomic E-state index is -0.889. The Kier molecular flexibility index (Phi) is 4.94. The van der Waals surface area contributed by atoms with E-state index in [1.807, 2.05) is 6.92 Å². The van der Waals surface area contributed by atoms with E-state index in [0.717, 1.165) is 23.3 Å². The summed E-state index contributed by atoms with van der Waals surface area (Å²) >= 11 is 6.31. The van der Waals surface area contributed by atoms with E-state index < -0.39 is 17.7 Å². The lowest BCUT2D eigenvalue weighted by molar-refractivity contribution is -0.132. The Morgan fingerprint density at radius 3 is 2.75 bits per heavy atom. The number of ketones is 1. The Labute approximate surface area is 189 Å². The second-order valence-corrected chi connectivity index (χ2v) is 8.19. The maximum atomic E-state index is 13.2. The Hall–Kier alpha value is -3.64. The first-order valence-electron chi connectivity index (χ1n) is 10.2. The molecule has 3 aromatic rings. The van der Waals surface area contributed by atoms with Crippen molar-refractivity contribution in [3.05, 3.63) is 93.8 Å². The number of Topliss-reactive ketones (excluding diaryl/α,β-unsaturated/α-hetero) is 1. The number of carbonyl (C=O) groups excluding carboxylic acids is 2. The number of pyridine rings is 1. The molecule has 2 aliphatic heterocycles. The number of halogens is 1. The van der Waals surface area contributed by atoms with Crippen LogP contribution in [0.1, 0.15) is 28.4 Å². The molecule has 1 atom stereocenters. The van der Waals surface area contributed by atoms with Gasteiger partial charge < -0.3 is 9.84 Å². The van der Waals surface area contributed by atoms with Crippen molar-refractivity contribution < 1.29 is 19.4 Å². The summed E-state index contributed by atoms with van der Waals surface area (Å²) in [6, 6.07) is 14.8. The number of aryl methyl sites for hydroxylation is 1. The number of hydrogen-bond acceptors (Lipinski definition) is 5. The summed E-state index contributed by atoms with van der Waals surface area (Å²) in [7, 11) is 0. The van der Waals surface area contributed by atoms with E-state index in [0.29, 0.717) is 28.6 Å². The van der Waals surface area contributed by atoms with Crippen molar-refractivity contribution in [1.29, 1.82) is 0 Å². The predicted molar refractivity (Wildman–Crippen MR) is 121 cm³/mol. The molecular weight excluding hydrogens is 428 g/mol. The van der Waals surface area contributed by atoms with Crippen molar-refractivity contribution in [3.8, 4) is 5.75 Å². The normalized spacial score (nSPS) is 19.2. The summed E-state index contributed by atoms with van der Waals surface area (Å²) in [5, 5.41) is 11.7. The topological polar surface area (TPSA) is 79.7 Å². The molecule has 0 spiro atoms. The third-order valence-corrected chi connectivity index (χ3v) is 6.22. The van der Waals surface area contributed by atoms with Gasteiger partial charge in [-0.25, -0.2) is 0 Å². The first-order chi connectivity index (χ1) is 15.5. The van der Waals surface area contributed by atoms with Crippen molar-refractivity contribution in [2.24, 2.45) is 0 Å². The third-order valence-electron chi connectivity index (χ3n) is 5.81. The zero-order chi connectivity index (χ0) is 22.4. The molecule has 7 heteroatoms. The van der Waals surface area contributed by atoms with Crippen LogP contribution in [0.3, 0.4) is 0 Å². The third kappa shape index (κ3) is 3.24. The Bertz CT molecular complexity index is 1290. The van der Waals surface area contributed by atoms with E-state index in [2.05, 4.69) is 4.98 Å². The number of anilines is 1. The number of carbonyl (C=O) groups is 2. The molecule has 1 saturated heterocycles. The highest BCUT2D eigenvalue weighted by molar-refractivity contribution is 6.51. The maximum Gasteiger partial charge on any atom is 0.300 e. The van der Waals surface area contributed by atoms with Crippen LogP contribution in [0, 0.1) is 6.92 Å². The second-order valence-electron chi connectivity index (χ2n) is 7.78. The van der Waals surface area contributed by atoms with Gasteiger partial charge in [-0.2, -0.15) is 0 Å². The van der Waals surface area contributed by atoms with Gasteiger partial charge in [-0.15, -0.1) is 0 Å². The van der Waals surface area contributed by atoms with Gasteiger partial charge in [0.05, 0.1) is 17.9 Å². The highest BCUT2D eigenvalue weighted by Crippen LogP contribution is 2.42. The molecule has 1 N–H and O–H groups in total. The maximum absolute atomic E-state index is 13.2. The zero-order valence-corrected chi connectivity index (χ0v) is 18.0. The lowest BCUT2D eigenvalue weighted by atomic mass is 9.97. The number of ether oxygens (including phenoxy) is 1. The van der Waals surface area contributed by atoms with Crippen molar-refractivity contribution in [3.63, 3.8) is 0 Å². The Morgan fingerprint density at radius 1 is 1.16 bits per heavy atom. The van der Waals surface area contributed by atoms with Gasteiger partial charge in [0.2, 0.25) is 0 Å². The fourth-order valence-corrected chi connectivity index (χ4v) is 4.31. The summed E-state index contributed by atoms with van der Waals surface area (Å²) < 4.78 is 5.53. The highest BCUT2D eigenvalue weighted by atomic mass is 35.5. The van der Waals surface area contributed by atoms with E-state index in [1.165, 1.54) is 4.90 Å². The first-order valence-corrected chi connectivity index (χ1v) is 10.6. The molecule has 0 saturated carbocycles. The molecule has 5 rings (SSSR count). The quantitative estimate of drug-likeness (QED) is 0.361. The fourth-order valence-electron chi connectivity index (χ4n) is 4.14. The molecule has 1 unspecified atom stereocenters. The lowest BCUT2D eigenvalue weighted by Gasteiger charge is -2.25. The second kappa shape index (κ2) is 7.80. The van der Waals surface area contributed by atoms with Gasteiger partial charge in [0.15, 0.2) is 0 Å². The molecule has 1 aromatic heterocycles.